The summed E-state index contributed by atoms with van der Waals surface area (Å²) in [5, 5.41) is 3.64. The molecule has 1 heterocycles. The van der Waals surface area contributed by atoms with Gasteiger partial charge in [-0.05, 0) is 57.2 Å². The average Bonchev–Trinajstić information content (AvgIpc) is 2.41. The van der Waals surface area contributed by atoms with E-state index < -0.39 is 0 Å². The lowest BCUT2D eigenvalue weighted by atomic mass is 9.84. The van der Waals surface area contributed by atoms with E-state index in [1.54, 1.807) is 0 Å². The van der Waals surface area contributed by atoms with Crippen LogP contribution in [0.2, 0.25) is 0 Å². The van der Waals surface area contributed by atoms with Crippen LogP contribution in [0.3, 0.4) is 0 Å². The molecular weight excluding hydrogens is 234 g/mol. The van der Waals surface area contributed by atoms with Crippen molar-refractivity contribution >= 4 is 0 Å². The molecule has 1 aliphatic rings. The third-order valence-electron chi connectivity index (χ3n) is 4.37. The summed E-state index contributed by atoms with van der Waals surface area (Å²) in [6.45, 7) is 8.55. The molecule has 2 unspecified atom stereocenters. The fraction of sp³-hybridized carbons (Fsp3) is 0.647. The molecule has 0 radical (unpaired) electrons. The molecule has 2 atom stereocenters. The first-order valence-electron chi connectivity index (χ1n) is 7.57. The molecule has 2 heteroatoms. The van der Waals surface area contributed by atoms with Gasteiger partial charge < -0.3 is 10.1 Å². The summed E-state index contributed by atoms with van der Waals surface area (Å²) in [6.07, 6.45) is 4.71. The van der Waals surface area contributed by atoms with Gasteiger partial charge in [-0.2, -0.15) is 0 Å². The summed E-state index contributed by atoms with van der Waals surface area (Å²) in [5.74, 6) is 0. The van der Waals surface area contributed by atoms with E-state index in [0.29, 0.717) is 6.04 Å². The Morgan fingerprint density at radius 1 is 1.32 bits per heavy atom. The topological polar surface area (TPSA) is 21.3 Å². The zero-order valence-electron chi connectivity index (χ0n) is 12.5. The van der Waals surface area contributed by atoms with Gasteiger partial charge in [0.15, 0.2) is 0 Å². The lowest BCUT2D eigenvalue weighted by Crippen LogP contribution is -2.53. The number of nitrogens with one attached hydrogen (secondary N) is 1. The Morgan fingerprint density at radius 3 is 2.74 bits per heavy atom. The van der Waals surface area contributed by atoms with Gasteiger partial charge in [-0.25, -0.2) is 0 Å². The Morgan fingerprint density at radius 2 is 2.11 bits per heavy atom. The van der Waals surface area contributed by atoms with Gasteiger partial charge in [0.05, 0.1) is 5.60 Å². The Labute approximate surface area is 117 Å². The Hall–Kier alpha value is -0.860. The molecular formula is C17H27NO. The predicted octanol–water partition coefficient (Wildman–Crippen LogP) is 3.47. The van der Waals surface area contributed by atoms with Crippen molar-refractivity contribution in [3.63, 3.8) is 0 Å². The highest BCUT2D eigenvalue weighted by Crippen LogP contribution is 2.30. The van der Waals surface area contributed by atoms with Gasteiger partial charge in [0.2, 0.25) is 0 Å². The second kappa shape index (κ2) is 6.53. The standard InChI is InChI=1S/C17H27NO/c1-4-18-16(17(3)11-7-8-12-19-17)13-15-10-6-5-9-14(15)2/h5-6,9-10,16,18H,4,7-8,11-13H2,1-3H3. The fourth-order valence-corrected chi connectivity index (χ4v) is 3.04. The SMILES string of the molecule is CCNC(Cc1ccccc1C)C1(C)CCCCO1. The maximum atomic E-state index is 6.13. The van der Waals surface area contributed by atoms with Gasteiger partial charge in [0, 0.05) is 12.6 Å². The van der Waals surface area contributed by atoms with Gasteiger partial charge in [-0.3, -0.25) is 0 Å². The van der Waals surface area contributed by atoms with Gasteiger partial charge in [0.25, 0.3) is 0 Å². The Kier molecular flexibility index (Phi) is 5.00. The van der Waals surface area contributed by atoms with Crippen LogP contribution >= 0.6 is 0 Å². The normalized spacial score (nSPS) is 25.2. The average molecular weight is 261 g/mol. The van der Waals surface area contributed by atoms with Crippen molar-refractivity contribution in [3.8, 4) is 0 Å². The Balaban J connectivity index is 2.13. The van der Waals surface area contributed by atoms with Crippen molar-refractivity contribution in [1.29, 1.82) is 0 Å². The Bertz CT molecular complexity index is 396. The first-order valence-corrected chi connectivity index (χ1v) is 7.57. The molecule has 0 aliphatic carbocycles. The molecule has 0 spiro atoms. The molecule has 2 nitrogen and oxygen atoms in total. The van der Waals surface area contributed by atoms with Crippen LogP contribution in [0.4, 0.5) is 0 Å². The van der Waals surface area contributed by atoms with E-state index in [0.717, 1.165) is 26.0 Å². The van der Waals surface area contributed by atoms with Crippen molar-refractivity contribution in [2.75, 3.05) is 13.2 Å². The number of ether oxygens (including phenoxy) is 1. The summed E-state index contributed by atoms with van der Waals surface area (Å²) in [6, 6.07) is 9.09. The molecule has 0 saturated carbocycles. The number of benzene rings is 1. The van der Waals surface area contributed by atoms with E-state index in [9.17, 15) is 0 Å². The van der Waals surface area contributed by atoms with Gasteiger partial charge in [0.1, 0.15) is 0 Å². The molecule has 106 valence electrons. The fourth-order valence-electron chi connectivity index (χ4n) is 3.04. The summed E-state index contributed by atoms with van der Waals surface area (Å²) < 4.78 is 6.13. The van der Waals surface area contributed by atoms with E-state index >= 15 is 0 Å². The van der Waals surface area contributed by atoms with Gasteiger partial charge in [-0.15, -0.1) is 0 Å². The van der Waals surface area contributed by atoms with Crippen LogP contribution < -0.4 is 5.32 Å². The van der Waals surface area contributed by atoms with Crippen molar-refractivity contribution in [2.45, 2.75) is 58.1 Å². The van der Waals surface area contributed by atoms with E-state index in [2.05, 4.69) is 50.4 Å². The first-order chi connectivity index (χ1) is 9.15. The number of hydrogen-bond acceptors (Lipinski definition) is 2. The molecule has 19 heavy (non-hydrogen) atoms. The van der Waals surface area contributed by atoms with Crippen molar-refractivity contribution in [1.82, 2.24) is 5.32 Å². The second-order valence-corrected chi connectivity index (χ2v) is 5.86. The quantitative estimate of drug-likeness (QED) is 0.876. The highest BCUT2D eigenvalue weighted by molar-refractivity contribution is 5.27. The summed E-state index contributed by atoms with van der Waals surface area (Å²) in [7, 11) is 0. The van der Waals surface area contributed by atoms with Crippen LogP contribution in [0, 0.1) is 6.92 Å². The number of hydrogen-bond donors (Lipinski definition) is 1. The highest BCUT2D eigenvalue weighted by atomic mass is 16.5. The molecule has 0 amide bonds. The number of aryl methyl sites for hydroxylation is 1. The minimum Gasteiger partial charge on any atom is -0.374 e. The largest absolute Gasteiger partial charge is 0.374 e. The molecule has 1 aromatic carbocycles. The maximum Gasteiger partial charge on any atom is 0.0810 e. The van der Waals surface area contributed by atoms with Crippen LogP contribution in [-0.4, -0.2) is 24.8 Å². The predicted molar refractivity (Wildman–Crippen MR) is 80.6 cm³/mol. The monoisotopic (exact) mass is 261 g/mol. The lowest BCUT2D eigenvalue weighted by Gasteiger charge is -2.41. The van der Waals surface area contributed by atoms with Gasteiger partial charge >= 0.3 is 0 Å². The van der Waals surface area contributed by atoms with E-state index in [-0.39, 0.29) is 5.60 Å². The number of rotatable bonds is 5. The van der Waals surface area contributed by atoms with Crippen LogP contribution in [0.25, 0.3) is 0 Å². The summed E-state index contributed by atoms with van der Waals surface area (Å²) in [4.78, 5) is 0. The van der Waals surface area contributed by atoms with Crippen LogP contribution in [0.15, 0.2) is 24.3 Å². The third-order valence-corrected chi connectivity index (χ3v) is 4.37. The summed E-state index contributed by atoms with van der Waals surface area (Å²) in [5.41, 5.74) is 2.80. The van der Waals surface area contributed by atoms with Gasteiger partial charge in [-0.1, -0.05) is 31.2 Å². The summed E-state index contributed by atoms with van der Waals surface area (Å²) >= 11 is 0. The van der Waals surface area contributed by atoms with Crippen molar-refractivity contribution in [3.05, 3.63) is 35.4 Å². The van der Waals surface area contributed by atoms with Crippen molar-refractivity contribution < 1.29 is 4.74 Å². The first kappa shape index (κ1) is 14.5. The van der Waals surface area contributed by atoms with E-state index in [1.165, 1.54) is 24.0 Å². The molecule has 1 N–H and O–H groups in total. The molecule has 2 rings (SSSR count). The number of likely N-dealkylation sites (N-methyl/N-ethyl adjacent to an activating group) is 1. The van der Waals surface area contributed by atoms with Crippen LogP contribution in [-0.2, 0) is 11.2 Å². The molecule has 0 bridgehead atoms. The molecule has 1 aromatic rings. The van der Waals surface area contributed by atoms with E-state index in [4.69, 9.17) is 4.74 Å². The third kappa shape index (κ3) is 3.58. The minimum absolute atomic E-state index is 0.0173. The highest BCUT2D eigenvalue weighted by Gasteiger charge is 2.36. The zero-order valence-corrected chi connectivity index (χ0v) is 12.5. The molecule has 1 saturated heterocycles. The molecule has 1 fully saturated rings. The maximum absolute atomic E-state index is 6.13. The van der Waals surface area contributed by atoms with Crippen LogP contribution in [0.1, 0.15) is 44.2 Å². The van der Waals surface area contributed by atoms with E-state index in [1.807, 2.05) is 0 Å². The zero-order chi connectivity index (χ0) is 13.7. The molecule has 0 aromatic heterocycles. The van der Waals surface area contributed by atoms with Crippen molar-refractivity contribution in [2.24, 2.45) is 0 Å². The lowest BCUT2D eigenvalue weighted by molar-refractivity contribution is -0.0881. The second-order valence-electron chi connectivity index (χ2n) is 5.86. The molecule has 1 aliphatic heterocycles. The van der Waals surface area contributed by atoms with Crippen LogP contribution in [0.5, 0.6) is 0 Å². The smallest absolute Gasteiger partial charge is 0.0810 e. The minimum atomic E-state index is -0.0173.